The predicted molar refractivity (Wildman–Crippen MR) is 57.2 cm³/mol. The predicted octanol–water partition coefficient (Wildman–Crippen LogP) is 2.26. The molecule has 0 aliphatic carbocycles. The van der Waals surface area contributed by atoms with Gasteiger partial charge in [-0.05, 0) is 12.1 Å². The summed E-state index contributed by atoms with van der Waals surface area (Å²) >= 11 is 1.41. The maximum atomic E-state index is 9.78. The minimum absolute atomic E-state index is 0.157. The Morgan fingerprint density at radius 3 is 2.93 bits per heavy atom. The molecule has 14 heavy (non-hydrogen) atoms. The zero-order valence-corrected chi connectivity index (χ0v) is 8.14. The van der Waals surface area contributed by atoms with Crippen molar-refractivity contribution in [1.82, 2.24) is 0 Å². The molecule has 0 aliphatic rings. The van der Waals surface area contributed by atoms with E-state index in [1.807, 2.05) is 18.2 Å². The van der Waals surface area contributed by atoms with Gasteiger partial charge in [0.2, 0.25) is 0 Å². The fourth-order valence-corrected chi connectivity index (χ4v) is 2.46. The van der Waals surface area contributed by atoms with E-state index in [2.05, 4.69) is 0 Å². The Kier molecular flexibility index (Phi) is 2.02. The normalized spacial score (nSPS) is 10.2. The zero-order chi connectivity index (χ0) is 10.1. The van der Waals surface area contributed by atoms with E-state index in [-0.39, 0.29) is 12.2 Å². The van der Waals surface area contributed by atoms with Gasteiger partial charge in [-0.15, -0.1) is 11.3 Å². The number of hydrogen-bond donors (Lipinski definition) is 2. The van der Waals surface area contributed by atoms with Gasteiger partial charge in [-0.2, -0.15) is 5.26 Å². The molecule has 0 radical (unpaired) electrons. The van der Waals surface area contributed by atoms with Crippen molar-refractivity contribution in [2.45, 2.75) is 6.42 Å². The molecule has 2 aromatic rings. The van der Waals surface area contributed by atoms with E-state index < -0.39 is 0 Å². The highest BCUT2D eigenvalue weighted by atomic mass is 32.1. The summed E-state index contributed by atoms with van der Waals surface area (Å²) < 4.78 is 0.924. The van der Waals surface area contributed by atoms with Crippen LogP contribution < -0.4 is 5.73 Å². The number of thiophene rings is 1. The minimum Gasteiger partial charge on any atom is -0.506 e. The van der Waals surface area contributed by atoms with E-state index in [1.165, 1.54) is 11.3 Å². The lowest BCUT2D eigenvalue weighted by atomic mass is 10.2. The largest absolute Gasteiger partial charge is 0.506 e. The summed E-state index contributed by atoms with van der Waals surface area (Å²) in [5, 5.41) is 19.0. The van der Waals surface area contributed by atoms with Gasteiger partial charge in [0.1, 0.15) is 5.75 Å². The fraction of sp³-hybridized carbons (Fsp3) is 0.100. The monoisotopic (exact) mass is 204 g/mol. The standard InChI is InChI=1S/C10H8N2OS/c11-5-4-8-10(13)9-6(12)2-1-3-7(9)14-8/h1-3,13H,4,12H2. The van der Waals surface area contributed by atoms with E-state index >= 15 is 0 Å². The number of rotatable bonds is 1. The molecule has 0 fully saturated rings. The molecule has 2 rings (SSSR count). The maximum absolute atomic E-state index is 9.78. The molecule has 0 amide bonds. The molecular weight excluding hydrogens is 196 g/mol. The number of nitrogens with zero attached hydrogens (tertiary/aromatic N) is 1. The van der Waals surface area contributed by atoms with Gasteiger partial charge in [0.15, 0.2) is 0 Å². The first-order valence-corrected chi connectivity index (χ1v) is 4.91. The number of aromatic hydroxyl groups is 1. The van der Waals surface area contributed by atoms with Gasteiger partial charge in [-0.25, -0.2) is 0 Å². The van der Waals surface area contributed by atoms with Crippen LogP contribution in [0.2, 0.25) is 0 Å². The zero-order valence-electron chi connectivity index (χ0n) is 7.32. The molecule has 0 saturated heterocycles. The molecule has 1 aromatic heterocycles. The topological polar surface area (TPSA) is 70.0 Å². The Balaban J connectivity index is 2.75. The first kappa shape index (κ1) is 8.85. The van der Waals surface area contributed by atoms with Crippen molar-refractivity contribution in [3.63, 3.8) is 0 Å². The SMILES string of the molecule is N#CCc1sc2cccc(N)c2c1O. The third-order valence-electron chi connectivity index (χ3n) is 2.03. The van der Waals surface area contributed by atoms with Crippen molar-refractivity contribution >= 4 is 27.1 Å². The average molecular weight is 204 g/mol. The Morgan fingerprint density at radius 2 is 2.29 bits per heavy atom. The van der Waals surface area contributed by atoms with E-state index in [1.54, 1.807) is 6.07 Å². The van der Waals surface area contributed by atoms with Crippen LogP contribution >= 0.6 is 11.3 Å². The van der Waals surface area contributed by atoms with Crippen LogP contribution in [-0.2, 0) is 6.42 Å². The highest BCUT2D eigenvalue weighted by Crippen LogP contribution is 2.40. The summed E-state index contributed by atoms with van der Waals surface area (Å²) in [7, 11) is 0. The first-order valence-electron chi connectivity index (χ1n) is 4.10. The van der Waals surface area contributed by atoms with Crippen LogP contribution in [0.25, 0.3) is 10.1 Å². The molecule has 0 aliphatic heterocycles. The summed E-state index contributed by atoms with van der Waals surface area (Å²) in [5.74, 6) is 0.157. The average Bonchev–Trinajstić information content (AvgIpc) is 2.46. The van der Waals surface area contributed by atoms with Crippen LogP contribution in [0, 0.1) is 11.3 Å². The number of benzene rings is 1. The van der Waals surface area contributed by atoms with Crippen LogP contribution in [-0.4, -0.2) is 5.11 Å². The van der Waals surface area contributed by atoms with Crippen LogP contribution in [0.3, 0.4) is 0 Å². The summed E-state index contributed by atoms with van der Waals surface area (Å²) in [6.45, 7) is 0. The molecule has 0 bridgehead atoms. The van der Waals surface area contributed by atoms with Gasteiger partial charge in [0, 0.05) is 10.4 Å². The smallest absolute Gasteiger partial charge is 0.140 e. The molecule has 0 unspecified atom stereocenters. The van der Waals surface area contributed by atoms with Crippen molar-refractivity contribution in [2.75, 3.05) is 5.73 Å². The summed E-state index contributed by atoms with van der Waals surface area (Å²) in [5.41, 5.74) is 6.29. The van der Waals surface area contributed by atoms with Crippen LogP contribution in [0.5, 0.6) is 5.75 Å². The summed E-state index contributed by atoms with van der Waals surface area (Å²) in [6, 6.07) is 7.48. The van der Waals surface area contributed by atoms with Gasteiger partial charge in [0.05, 0.1) is 22.8 Å². The Morgan fingerprint density at radius 1 is 1.50 bits per heavy atom. The van der Waals surface area contributed by atoms with Crippen molar-refractivity contribution in [3.8, 4) is 11.8 Å². The maximum Gasteiger partial charge on any atom is 0.140 e. The van der Waals surface area contributed by atoms with Gasteiger partial charge in [-0.1, -0.05) is 6.07 Å². The summed E-state index contributed by atoms with van der Waals surface area (Å²) in [6.07, 6.45) is 0.227. The lowest BCUT2D eigenvalue weighted by molar-refractivity contribution is 0.479. The second kappa shape index (κ2) is 3.20. The van der Waals surface area contributed by atoms with Gasteiger partial charge in [0.25, 0.3) is 0 Å². The van der Waals surface area contributed by atoms with Crippen molar-refractivity contribution < 1.29 is 5.11 Å². The van der Waals surface area contributed by atoms with Gasteiger partial charge < -0.3 is 10.8 Å². The third-order valence-corrected chi connectivity index (χ3v) is 3.18. The minimum atomic E-state index is 0.157. The Labute approximate surface area is 85.0 Å². The van der Waals surface area contributed by atoms with Crippen LogP contribution in [0.4, 0.5) is 5.69 Å². The molecular formula is C10H8N2OS. The van der Waals surface area contributed by atoms with E-state index in [4.69, 9.17) is 11.0 Å². The lowest BCUT2D eigenvalue weighted by Crippen LogP contribution is -1.83. The second-order valence-corrected chi connectivity index (χ2v) is 4.07. The highest BCUT2D eigenvalue weighted by molar-refractivity contribution is 7.19. The molecule has 0 atom stereocenters. The fourth-order valence-electron chi connectivity index (χ4n) is 1.40. The summed E-state index contributed by atoms with van der Waals surface area (Å²) in [4.78, 5) is 0.681. The quantitative estimate of drug-likeness (QED) is 0.700. The van der Waals surface area contributed by atoms with Crippen molar-refractivity contribution in [1.29, 1.82) is 5.26 Å². The molecule has 4 heteroatoms. The van der Waals surface area contributed by atoms with Crippen LogP contribution in [0.1, 0.15) is 4.88 Å². The van der Waals surface area contributed by atoms with Crippen LogP contribution in [0.15, 0.2) is 18.2 Å². The second-order valence-electron chi connectivity index (χ2n) is 2.93. The molecule has 3 nitrogen and oxygen atoms in total. The van der Waals surface area contributed by atoms with E-state index in [0.29, 0.717) is 16.0 Å². The Bertz CT molecular complexity index is 525. The van der Waals surface area contributed by atoms with Gasteiger partial charge >= 0.3 is 0 Å². The van der Waals surface area contributed by atoms with Crippen molar-refractivity contribution in [3.05, 3.63) is 23.1 Å². The van der Waals surface area contributed by atoms with Crippen molar-refractivity contribution in [2.24, 2.45) is 0 Å². The first-order chi connectivity index (χ1) is 6.74. The molecule has 70 valence electrons. The number of nitrogen functional groups attached to an aromatic ring is 1. The van der Waals surface area contributed by atoms with E-state index in [0.717, 1.165) is 4.70 Å². The molecule has 1 heterocycles. The molecule has 3 N–H and O–H groups in total. The highest BCUT2D eigenvalue weighted by Gasteiger charge is 2.12. The number of anilines is 1. The molecule has 0 saturated carbocycles. The molecule has 1 aromatic carbocycles. The number of nitrogens with two attached hydrogens (primary N) is 1. The molecule has 0 spiro atoms. The van der Waals surface area contributed by atoms with E-state index in [9.17, 15) is 5.11 Å². The number of hydrogen-bond acceptors (Lipinski definition) is 4. The third kappa shape index (κ3) is 1.19. The number of nitriles is 1. The lowest BCUT2D eigenvalue weighted by Gasteiger charge is -1.95. The number of fused-ring (bicyclic) bond motifs is 1. The van der Waals surface area contributed by atoms with Gasteiger partial charge in [-0.3, -0.25) is 0 Å². The Hall–Kier alpha value is -1.73.